The predicted molar refractivity (Wildman–Crippen MR) is 112 cm³/mol. The van der Waals surface area contributed by atoms with Gasteiger partial charge in [0.25, 0.3) is 11.8 Å². The number of hydrogen-bond acceptors (Lipinski definition) is 7. The van der Waals surface area contributed by atoms with Crippen molar-refractivity contribution >= 4 is 35.2 Å². The van der Waals surface area contributed by atoms with Crippen molar-refractivity contribution in [2.24, 2.45) is 12.8 Å². The summed E-state index contributed by atoms with van der Waals surface area (Å²) < 4.78 is 5.45. The number of aromatic nitrogens is 3. The minimum absolute atomic E-state index is 0.199. The number of piperidine rings is 1. The van der Waals surface area contributed by atoms with Gasteiger partial charge in [-0.05, 0) is 50.4 Å². The van der Waals surface area contributed by atoms with Gasteiger partial charge < -0.3 is 25.8 Å². The Kier molecular flexibility index (Phi) is 6.68. The Balaban J connectivity index is 1.79. The Labute approximate surface area is 183 Å². The van der Waals surface area contributed by atoms with Gasteiger partial charge in [-0.1, -0.05) is 4.49 Å². The molecule has 0 aromatic carbocycles. The molecule has 11 nitrogen and oxygen atoms in total. The van der Waals surface area contributed by atoms with E-state index in [4.69, 9.17) is 5.73 Å². The van der Waals surface area contributed by atoms with Crippen molar-refractivity contribution in [3.8, 4) is 0 Å². The topological polar surface area (TPSA) is 152 Å². The monoisotopic (exact) mass is 447 g/mol. The van der Waals surface area contributed by atoms with E-state index in [0.29, 0.717) is 22.7 Å². The summed E-state index contributed by atoms with van der Waals surface area (Å²) in [5.74, 6) is -1.79. The number of hydrogen-bond donors (Lipinski definition) is 3. The fourth-order valence-electron chi connectivity index (χ4n) is 3.49. The molecule has 166 valence electrons. The summed E-state index contributed by atoms with van der Waals surface area (Å²) in [6.45, 7) is 3.43. The molecule has 3 unspecified atom stereocenters. The summed E-state index contributed by atoms with van der Waals surface area (Å²) >= 11 is 0.999. The second-order valence-corrected chi connectivity index (χ2v) is 8.29. The fourth-order valence-corrected chi connectivity index (χ4v) is 4.05. The van der Waals surface area contributed by atoms with Crippen molar-refractivity contribution in [3.63, 3.8) is 0 Å². The van der Waals surface area contributed by atoms with Crippen molar-refractivity contribution in [1.29, 1.82) is 0 Å². The van der Waals surface area contributed by atoms with Crippen LogP contribution in [0.2, 0.25) is 0 Å². The zero-order chi connectivity index (χ0) is 22.7. The number of aryl methyl sites for hydroxylation is 2. The zero-order valence-electron chi connectivity index (χ0n) is 17.5. The van der Waals surface area contributed by atoms with Gasteiger partial charge in [0, 0.05) is 25.8 Å². The standard InChI is InChI=1S/C19H25N7O4S/c1-10-15(31-24-23-10)18(29)22-12-6-8-26(19(30)13-5-4-7-25(13)3)14(9-12)17(28)21-11(2)16(20)27/h4-5,7,11-12,14H,6,8-9H2,1-3H3,(H2,20,27)(H,21,28)(H,22,29). The molecule has 0 bridgehead atoms. The van der Waals surface area contributed by atoms with Crippen LogP contribution in [0.4, 0.5) is 0 Å². The number of nitrogens with zero attached hydrogens (tertiary/aromatic N) is 4. The van der Waals surface area contributed by atoms with E-state index in [9.17, 15) is 19.2 Å². The van der Waals surface area contributed by atoms with Gasteiger partial charge in [-0.3, -0.25) is 19.2 Å². The third-order valence-corrected chi connectivity index (χ3v) is 6.13. The molecular formula is C19H25N7O4S. The van der Waals surface area contributed by atoms with E-state index < -0.39 is 23.9 Å². The Morgan fingerprint density at radius 3 is 2.65 bits per heavy atom. The summed E-state index contributed by atoms with van der Waals surface area (Å²) in [4.78, 5) is 51.9. The minimum atomic E-state index is -0.889. The fraction of sp³-hybridized carbons (Fsp3) is 0.474. The molecule has 3 heterocycles. The Morgan fingerprint density at radius 2 is 2.06 bits per heavy atom. The van der Waals surface area contributed by atoms with E-state index in [1.807, 2.05) is 0 Å². The summed E-state index contributed by atoms with van der Waals surface area (Å²) in [5, 5.41) is 9.30. The molecule has 2 aromatic rings. The molecule has 1 saturated heterocycles. The van der Waals surface area contributed by atoms with E-state index in [-0.39, 0.29) is 30.8 Å². The summed E-state index contributed by atoms with van der Waals surface area (Å²) in [5.41, 5.74) is 6.23. The van der Waals surface area contributed by atoms with Crippen LogP contribution in [-0.2, 0) is 16.6 Å². The van der Waals surface area contributed by atoms with Gasteiger partial charge >= 0.3 is 0 Å². The van der Waals surface area contributed by atoms with Crippen LogP contribution in [0.3, 0.4) is 0 Å². The van der Waals surface area contributed by atoms with Crippen LogP contribution < -0.4 is 16.4 Å². The van der Waals surface area contributed by atoms with Gasteiger partial charge in [0.15, 0.2) is 0 Å². The minimum Gasteiger partial charge on any atom is -0.368 e. The predicted octanol–water partition coefficient (Wildman–Crippen LogP) is -0.422. The van der Waals surface area contributed by atoms with E-state index in [1.54, 1.807) is 36.9 Å². The van der Waals surface area contributed by atoms with Crippen molar-refractivity contribution in [1.82, 2.24) is 29.7 Å². The lowest BCUT2D eigenvalue weighted by molar-refractivity contribution is -0.131. The van der Waals surface area contributed by atoms with Crippen LogP contribution >= 0.6 is 11.5 Å². The van der Waals surface area contributed by atoms with E-state index in [2.05, 4.69) is 20.2 Å². The maximum Gasteiger partial charge on any atom is 0.271 e. The Morgan fingerprint density at radius 1 is 1.32 bits per heavy atom. The van der Waals surface area contributed by atoms with Crippen LogP contribution in [0.5, 0.6) is 0 Å². The quantitative estimate of drug-likeness (QED) is 0.547. The van der Waals surface area contributed by atoms with Gasteiger partial charge in [0.1, 0.15) is 22.7 Å². The average molecular weight is 448 g/mol. The SMILES string of the molecule is Cc1nnsc1C(=O)NC1CCN(C(=O)c2cccn2C)C(C(=O)NC(C)C(N)=O)C1. The van der Waals surface area contributed by atoms with Crippen LogP contribution in [0.15, 0.2) is 18.3 Å². The lowest BCUT2D eigenvalue weighted by Crippen LogP contribution is -2.59. The largest absolute Gasteiger partial charge is 0.368 e. The van der Waals surface area contributed by atoms with Gasteiger partial charge in [-0.2, -0.15) is 0 Å². The van der Waals surface area contributed by atoms with Crippen LogP contribution in [-0.4, -0.2) is 67.4 Å². The molecule has 4 N–H and O–H groups in total. The number of likely N-dealkylation sites (tertiary alicyclic amines) is 1. The normalized spacial score (nSPS) is 19.5. The second-order valence-electron chi connectivity index (χ2n) is 7.53. The highest BCUT2D eigenvalue weighted by Gasteiger charge is 2.38. The molecule has 4 amide bonds. The van der Waals surface area contributed by atoms with Crippen molar-refractivity contribution in [2.45, 2.75) is 44.8 Å². The lowest BCUT2D eigenvalue weighted by Gasteiger charge is -2.39. The summed E-state index contributed by atoms with van der Waals surface area (Å²) in [6, 6.07) is 1.32. The highest BCUT2D eigenvalue weighted by Crippen LogP contribution is 2.22. The highest BCUT2D eigenvalue weighted by atomic mass is 32.1. The Hall–Kier alpha value is -3.28. The summed E-state index contributed by atoms with van der Waals surface area (Å²) in [7, 11) is 1.75. The lowest BCUT2D eigenvalue weighted by atomic mass is 9.95. The number of primary amides is 1. The van der Waals surface area contributed by atoms with Crippen LogP contribution in [0, 0.1) is 6.92 Å². The van der Waals surface area contributed by atoms with Crippen molar-refractivity contribution in [3.05, 3.63) is 34.6 Å². The maximum absolute atomic E-state index is 13.1. The van der Waals surface area contributed by atoms with Crippen molar-refractivity contribution in [2.75, 3.05) is 6.54 Å². The van der Waals surface area contributed by atoms with Gasteiger partial charge in [0.05, 0.1) is 5.69 Å². The van der Waals surface area contributed by atoms with Crippen LogP contribution in [0.1, 0.15) is 45.6 Å². The summed E-state index contributed by atoms with van der Waals surface area (Å²) in [6.07, 6.45) is 2.42. The highest BCUT2D eigenvalue weighted by molar-refractivity contribution is 7.08. The number of amides is 4. The first-order valence-electron chi connectivity index (χ1n) is 9.80. The zero-order valence-corrected chi connectivity index (χ0v) is 18.3. The number of nitrogens with two attached hydrogens (primary N) is 1. The third kappa shape index (κ3) is 4.90. The molecular weight excluding hydrogens is 422 g/mol. The van der Waals surface area contributed by atoms with Gasteiger partial charge in [-0.15, -0.1) is 5.10 Å². The van der Waals surface area contributed by atoms with Gasteiger partial charge in [-0.25, -0.2) is 0 Å². The molecule has 1 aliphatic heterocycles. The Bertz CT molecular complexity index is 1000. The molecule has 3 atom stereocenters. The molecule has 12 heteroatoms. The first-order valence-corrected chi connectivity index (χ1v) is 10.6. The van der Waals surface area contributed by atoms with Gasteiger partial charge in [0.2, 0.25) is 11.8 Å². The van der Waals surface area contributed by atoms with E-state index in [1.165, 1.54) is 11.8 Å². The molecule has 0 saturated carbocycles. The average Bonchev–Trinajstić information content (AvgIpc) is 3.35. The number of carbonyl (C=O) groups excluding carboxylic acids is 4. The number of nitrogens with one attached hydrogen (secondary N) is 2. The van der Waals surface area contributed by atoms with Crippen LogP contribution in [0.25, 0.3) is 0 Å². The maximum atomic E-state index is 13.1. The number of carbonyl (C=O) groups is 4. The molecule has 3 rings (SSSR count). The molecule has 0 radical (unpaired) electrons. The van der Waals surface area contributed by atoms with Crippen molar-refractivity contribution < 1.29 is 19.2 Å². The number of rotatable bonds is 6. The molecule has 1 aliphatic rings. The van der Waals surface area contributed by atoms with E-state index in [0.717, 1.165) is 11.5 Å². The second kappa shape index (κ2) is 9.25. The smallest absolute Gasteiger partial charge is 0.271 e. The third-order valence-electron chi connectivity index (χ3n) is 5.31. The first kappa shape index (κ1) is 22.4. The van der Waals surface area contributed by atoms with E-state index >= 15 is 0 Å². The molecule has 31 heavy (non-hydrogen) atoms. The molecule has 0 aliphatic carbocycles. The molecule has 1 fully saturated rings. The molecule has 0 spiro atoms. The molecule has 2 aromatic heterocycles. The first-order chi connectivity index (χ1) is 14.7.